The zero-order valence-corrected chi connectivity index (χ0v) is 12.3. The van der Waals surface area contributed by atoms with Crippen molar-refractivity contribution < 1.29 is 0 Å². The molecule has 1 N–H and O–H groups in total. The van der Waals surface area contributed by atoms with E-state index in [1.807, 2.05) is 0 Å². The monoisotopic (exact) mass is 326 g/mol. The van der Waals surface area contributed by atoms with E-state index in [0.29, 0.717) is 26.6 Å². The largest absolute Gasteiger partial charge is 0.350 e. The van der Waals surface area contributed by atoms with Crippen molar-refractivity contribution in [2.75, 3.05) is 0 Å². The van der Waals surface area contributed by atoms with Gasteiger partial charge in [0, 0.05) is 21.9 Å². The number of nitrogens with one attached hydrogen (secondary N) is 1. The van der Waals surface area contributed by atoms with Gasteiger partial charge in [-0.3, -0.25) is 4.98 Å². The number of aromatic amines is 1. The molecular weight excluding hydrogens is 319 g/mol. The molecule has 0 spiro atoms. The Morgan fingerprint density at radius 3 is 2.75 bits per heavy atom. The third-order valence-corrected chi connectivity index (χ3v) is 4.27. The maximum atomic E-state index is 11.7. The minimum Gasteiger partial charge on any atom is -0.285 e. The maximum absolute atomic E-state index is 11.7. The van der Waals surface area contributed by atoms with E-state index in [1.165, 1.54) is 22.5 Å². The van der Waals surface area contributed by atoms with Crippen LogP contribution < -0.4 is 5.69 Å². The van der Waals surface area contributed by atoms with Crippen molar-refractivity contribution in [3.63, 3.8) is 0 Å². The fourth-order valence-corrected chi connectivity index (χ4v) is 3.29. The highest BCUT2D eigenvalue weighted by Gasteiger charge is 2.09. The quantitative estimate of drug-likeness (QED) is 0.751. The average Bonchev–Trinajstić information content (AvgIpc) is 2.87. The lowest BCUT2D eigenvalue weighted by Crippen LogP contribution is -2.19. The minimum atomic E-state index is -0.326. The predicted octanol–water partition coefficient (Wildman–Crippen LogP) is 3.02. The lowest BCUT2D eigenvalue weighted by Gasteiger charge is -2.06. The molecule has 0 unspecified atom stereocenters. The molecule has 2 aromatic heterocycles. The van der Waals surface area contributed by atoms with Crippen molar-refractivity contribution >= 4 is 40.6 Å². The number of aromatic nitrogens is 4. The van der Waals surface area contributed by atoms with Gasteiger partial charge in [0.05, 0.1) is 6.20 Å². The highest BCUT2D eigenvalue weighted by Crippen LogP contribution is 2.29. The molecule has 5 nitrogen and oxygen atoms in total. The fourth-order valence-electron chi connectivity index (χ4n) is 1.69. The Morgan fingerprint density at radius 2 is 2.00 bits per heavy atom. The third kappa shape index (κ3) is 2.54. The second-order valence-corrected chi connectivity index (χ2v) is 5.72. The van der Waals surface area contributed by atoms with Crippen LogP contribution in [0.1, 0.15) is 5.56 Å². The van der Waals surface area contributed by atoms with E-state index in [9.17, 15) is 4.79 Å². The number of benzene rings is 1. The van der Waals surface area contributed by atoms with Gasteiger partial charge in [0.25, 0.3) is 0 Å². The molecule has 0 atom stereocenters. The van der Waals surface area contributed by atoms with E-state index < -0.39 is 0 Å². The summed E-state index contributed by atoms with van der Waals surface area (Å²) in [5.41, 5.74) is 0.992. The van der Waals surface area contributed by atoms with Gasteiger partial charge in [0.1, 0.15) is 0 Å². The van der Waals surface area contributed by atoms with Gasteiger partial charge in [-0.05, 0) is 17.7 Å². The summed E-state index contributed by atoms with van der Waals surface area (Å²) in [6, 6.07) is 7.01. The smallest absolute Gasteiger partial charge is 0.285 e. The Morgan fingerprint density at radius 1 is 1.25 bits per heavy atom. The Hall–Kier alpha value is -1.50. The molecular formula is C12H8Cl2N4OS. The van der Waals surface area contributed by atoms with Crippen molar-refractivity contribution in [2.45, 2.75) is 10.9 Å². The van der Waals surface area contributed by atoms with Crippen LogP contribution in [-0.4, -0.2) is 19.6 Å². The minimum absolute atomic E-state index is 0.326. The zero-order chi connectivity index (χ0) is 14.1. The van der Waals surface area contributed by atoms with E-state index in [0.717, 1.165) is 5.56 Å². The summed E-state index contributed by atoms with van der Waals surface area (Å²) in [7, 11) is 0. The van der Waals surface area contributed by atoms with Crippen LogP contribution in [0.25, 0.3) is 5.65 Å². The molecule has 8 heteroatoms. The lowest BCUT2D eigenvalue weighted by molar-refractivity contribution is 0.786. The molecule has 0 radical (unpaired) electrons. The van der Waals surface area contributed by atoms with Gasteiger partial charge in [-0.25, -0.2) is 9.78 Å². The molecule has 0 saturated carbocycles. The van der Waals surface area contributed by atoms with Crippen molar-refractivity contribution in [1.29, 1.82) is 0 Å². The predicted molar refractivity (Wildman–Crippen MR) is 79.6 cm³/mol. The Kier molecular flexibility index (Phi) is 3.69. The zero-order valence-electron chi connectivity index (χ0n) is 10.0. The number of hydrogen-bond acceptors (Lipinski definition) is 4. The summed E-state index contributed by atoms with van der Waals surface area (Å²) in [5, 5.41) is 5.55. The SMILES string of the molecule is O=c1[nH]c(SCc2c(Cl)cccc2Cl)nc2ccnn12. The average molecular weight is 327 g/mol. The first-order valence-electron chi connectivity index (χ1n) is 5.65. The normalized spacial score (nSPS) is 11.1. The number of hydrogen-bond donors (Lipinski definition) is 1. The van der Waals surface area contributed by atoms with Gasteiger partial charge in [-0.15, -0.1) is 0 Å². The molecule has 0 bridgehead atoms. The standard InChI is InChI=1S/C12H8Cl2N4OS/c13-8-2-1-3-9(14)7(8)6-20-11-16-10-4-5-15-18(10)12(19)17-11/h1-5H,6H2,(H,16,17,19). The Labute approximate surface area is 127 Å². The van der Waals surface area contributed by atoms with E-state index in [2.05, 4.69) is 15.1 Å². The molecule has 0 saturated heterocycles. The summed E-state index contributed by atoms with van der Waals surface area (Å²) in [6.45, 7) is 0. The topological polar surface area (TPSA) is 63.0 Å². The summed E-state index contributed by atoms with van der Waals surface area (Å²) < 4.78 is 1.20. The van der Waals surface area contributed by atoms with Crippen LogP contribution in [0.4, 0.5) is 0 Å². The molecule has 0 fully saturated rings. The molecule has 0 amide bonds. The van der Waals surface area contributed by atoms with E-state index in [-0.39, 0.29) is 5.69 Å². The molecule has 0 aliphatic heterocycles. The summed E-state index contributed by atoms with van der Waals surface area (Å²) in [6.07, 6.45) is 1.52. The van der Waals surface area contributed by atoms with E-state index in [1.54, 1.807) is 24.3 Å². The lowest BCUT2D eigenvalue weighted by atomic mass is 10.2. The molecule has 2 heterocycles. The van der Waals surface area contributed by atoms with Gasteiger partial charge in [0.15, 0.2) is 10.8 Å². The first-order valence-corrected chi connectivity index (χ1v) is 7.39. The van der Waals surface area contributed by atoms with Crippen LogP contribution in [0.2, 0.25) is 10.0 Å². The molecule has 3 aromatic rings. The van der Waals surface area contributed by atoms with E-state index in [4.69, 9.17) is 23.2 Å². The Balaban J connectivity index is 1.88. The summed E-state index contributed by atoms with van der Waals surface area (Å²) in [4.78, 5) is 18.7. The molecule has 3 rings (SSSR count). The maximum Gasteiger partial charge on any atom is 0.350 e. The number of H-pyrrole nitrogens is 1. The van der Waals surface area contributed by atoms with Crippen LogP contribution in [0.3, 0.4) is 0 Å². The number of fused-ring (bicyclic) bond motifs is 1. The number of halogens is 2. The molecule has 0 aliphatic carbocycles. The van der Waals surface area contributed by atoms with Crippen LogP contribution in [0.15, 0.2) is 40.4 Å². The van der Waals surface area contributed by atoms with Crippen LogP contribution in [-0.2, 0) is 5.75 Å². The van der Waals surface area contributed by atoms with Gasteiger partial charge in [-0.2, -0.15) is 9.61 Å². The van der Waals surface area contributed by atoms with Crippen molar-refractivity contribution in [2.24, 2.45) is 0 Å². The first-order chi connectivity index (χ1) is 9.65. The van der Waals surface area contributed by atoms with Gasteiger partial charge in [-0.1, -0.05) is 41.0 Å². The summed E-state index contributed by atoms with van der Waals surface area (Å²) >= 11 is 13.6. The highest BCUT2D eigenvalue weighted by atomic mass is 35.5. The molecule has 1 aromatic carbocycles. The van der Waals surface area contributed by atoms with Crippen LogP contribution in [0.5, 0.6) is 0 Å². The van der Waals surface area contributed by atoms with Gasteiger partial charge >= 0.3 is 5.69 Å². The van der Waals surface area contributed by atoms with E-state index >= 15 is 0 Å². The Bertz CT molecular complexity index is 809. The van der Waals surface area contributed by atoms with Crippen molar-refractivity contribution in [1.82, 2.24) is 19.6 Å². The second kappa shape index (κ2) is 5.47. The second-order valence-electron chi connectivity index (χ2n) is 3.94. The van der Waals surface area contributed by atoms with Crippen molar-refractivity contribution in [3.8, 4) is 0 Å². The number of thioether (sulfide) groups is 1. The van der Waals surface area contributed by atoms with Crippen LogP contribution in [0, 0.1) is 0 Å². The molecule has 20 heavy (non-hydrogen) atoms. The summed E-state index contributed by atoms with van der Waals surface area (Å²) in [5.74, 6) is 0.520. The fraction of sp³-hybridized carbons (Fsp3) is 0.0833. The first kappa shape index (κ1) is 13.5. The molecule has 102 valence electrons. The van der Waals surface area contributed by atoms with Gasteiger partial charge < -0.3 is 0 Å². The number of rotatable bonds is 3. The van der Waals surface area contributed by atoms with Crippen molar-refractivity contribution in [3.05, 3.63) is 56.6 Å². The van der Waals surface area contributed by atoms with Gasteiger partial charge in [0.2, 0.25) is 0 Å². The van der Waals surface area contributed by atoms with Crippen LogP contribution >= 0.6 is 35.0 Å². The molecule has 0 aliphatic rings. The third-order valence-electron chi connectivity index (χ3n) is 2.66. The highest BCUT2D eigenvalue weighted by molar-refractivity contribution is 7.98. The number of nitrogens with zero attached hydrogens (tertiary/aromatic N) is 3.